The fourth-order valence-electron chi connectivity index (χ4n) is 4.92. The highest BCUT2D eigenvalue weighted by molar-refractivity contribution is 5.95. The molecular weight excluding hydrogens is 370 g/mol. The monoisotopic (exact) mass is 399 g/mol. The lowest BCUT2D eigenvalue weighted by Gasteiger charge is -2.43. The van der Waals surface area contributed by atoms with Crippen molar-refractivity contribution in [2.24, 2.45) is 5.92 Å². The number of rotatable bonds is 4. The summed E-state index contributed by atoms with van der Waals surface area (Å²) >= 11 is 0. The normalized spacial score (nSPS) is 21.5. The number of nitrogens with zero attached hydrogens (tertiary/aromatic N) is 2. The number of nitrogens with one attached hydrogen (secondary N) is 1. The molecule has 1 spiro atoms. The summed E-state index contributed by atoms with van der Waals surface area (Å²) in [5.41, 5.74) is 0.157. The number of hydrogen-bond acceptors (Lipinski definition) is 4. The van der Waals surface area contributed by atoms with Crippen molar-refractivity contribution in [2.75, 3.05) is 26.9 Å². The number of likely N-dealkylation sites (tertiary alicyclic amines) is 1. The maximum Gasteiger partial charge on any atom is 0.247 e. The summed E-state index contributed by atoms with van der Waals surface area (Å²) in [7, 11) is 1.61. The molecule has 2 heterocycles. The van der Waals surface area contributed by atoms with E-state index in [2.05, 4.69) is 5.32 Å². The molecule has 1 N–H and O–H groups in total. The maximum atomic E-state index is 13.0. The van der Waals surface area contributed by atoms with Gasteiger partial charge in [0.2, 0.25) is 17.7 Å². The minimum absolute atomic E-state index is 0.0503. The summed E-state index contributed by atoms with van der Waals surface area (Å²) in [4.78, 5) is 42.0. The van der Waals surface area contributed by atoms with E-state index in [9.17, 15) is 14.4 Å². The van der Waals surface area contributed by atoms with Crippen LogP contribution in [0.25, 0.3) is 0 Å². The van der Waals surface area contributed by atoms with Crippen LogP contribution in [0.5, 0.6) is 5.75 Å². The Balaban J connectivity index is 1.39. The van der Waals surface area contributed by atoms with Gasteiger partial charge in [-0.2, -0.15) is 0 Å². The number of methoxy groups -OCH3 is 1. The zero-order chi connectivity index (χ0) is 20.4. The SMILES string of the molecule is COc1ccc(CC(=O)N2CCC3(CC2)C(=O)NCN3C(=O)C2CCCC2)cc1. The molecule has 1 saturated carbocycles. The number of carbonyl (C=O) groups excluding carboxylic acids is 3. The molecule has 0 aromatic heterocycles. The fourth-order valence-corrected chi connectivity index (χ4v) is 4.92. The Kier molecular flexibility index (Phi) is 5.48. The fraction of sp³-hybridized carbons (Fsp3) is 0.591. The molecule has 2 aliphatic heterocycles. The Labute approximate surface area is 171 Å². The second-order valence-corrected chi connectivity index (χ2v) is 8.35. The molecule has 156 valence electrons. The van der Waals surface area contributed by atoms with Crippen molar-refractivity contribution in [3.8, 4) is 5.75 Å². The van der Waals surface area contributed by atoms with Crippen LogP contribution in [-0.2, 0) is 20.8 Å². The number of ether oxygens (including phenoxy) is 1. The van der Waals surface area contributed by atoms with Gasteiger partial charge in [-0.15, -0.1) is 0 Å². The van der Waals surface area contributed by atoms with E-state index in [1.54, 1.807) is 12.0 Å². The lowest BCUT2D eigenvalue weighted by Crippen LogP contribution is -2.59. The Morgan fingerprint density at radius 3 is 2.41 bits per heavy atom. The molecule has 7 nitrogen and oxygen atoms in total. The van der Waals surface area contributed by atoms with Crippen LogP contribution < -0.4 is 10.1 Å². The Morgan fingerprint density at radius 2 is 1.79 bits per heavy atom. The molecule has 3 fully saturated rings. The van der Waals surface area contributed by atoms with E-state index >= 15 is 0 Å². The number of carbonyl (C=O) groups is 3. The summed E-state index contributed by atoms with van der Waals surface area (Å²) in [6.45, 7) is 1.29. The van der Waals surface area contributed by atoms with E-state index in [0.29, 0.717) is 39.0 Å². The highest BCUT2D eigenvalue weighted by atomic mass is 16.5. The zero-order valence-corrected chi connectivity index (χ0v) is 17.0. The van der Waals surface area contributed by atoms with Crippen molar-refractivity contribution in [2.45, 2.75) is 50.5 Å². The first-order valence-electron chi connectivity index (χ1n) is 10.5. The first kappa shape index (κ1) is 19.7. The van der Waals surface area contributed by atoms with Crippen molar-refractivity contribution < 1.29 is 19.1 Å². The Morgan fingerprint density at radius 1 is 1.14 bits per heavy atom. The second kappa shape index (κ2) is 8.05. The van der Waals surface area contributed by atoms with Gasteiger partial charge in [-0.3, -0.25) is 14.4 Å². The van der Waals surface area contributed by atoms with Crippen LogP contribution in [0.4, 0.5) is 0 Å². The number of amides is 3. The molecule has 0 bridgehead atoms. The van der Waals surface area contributed by atoms with Crippen molar-refractivity contribution in [3.05, 3.63) is 29.8 Å². The van der Waals surface area contributed by atoms with Crippen molar-refractivity contribution in [1.82, 2.24) is 15.1 Å². The largest absolute Gasteiger partial charge is 0.497 e. The molecule has 29 heavy (non-hydrogen) atoms. The molecule has 1 aliphatic carbocycles. The predicted molar refractivity (Wildman–Crippen MR) is 107 cm³/mol. The molecule has 0 radical (unpaired) electrons. The minimum atomic E-state index is -0.781. The van der Waals surface area contributed by atoms with Gasteiger partial charge in [0.25, 0.3) is 0 Å². The summed E-state index contributed by atoms with van der Waals surface area (Å²) in [6.07, 6.45) is 5.36. The topological polar surface area (TPSA) is 79.0 Å². The van der Waals surface area contributed by atoms with Gasteiger partial charge in [0, 0.05) is 19.0 Å². The quantitative estimate of drug-likeness (QED) is 0.836. The molecular formula is C22H29N3O4. The van der Waals surface area contributed by atoms with E-state index in [-0.39, 0.29) is 23.6 Å². The Bertz CT molecular complexity index is 778. The number of piperidine rings is 1. The van der Waals surface area contributed by atoms with Crippen molar-refractivity contribution in [3.63, 3.8) is 0 Å². The molecule has 3 aliphatic rings. The van der Waals surface area contributed by atoms with E-state index in [0.717, 1.165) is 37.0 Å². The van der Waals surface area contributed by atoms with Crippen LogP contribution >= 0.6 is 0 Å². The summed E-state index contributed by atoms with van der Waals surface area (Å²) in [6, 6.07) is 7.50. The molecule has 0 unspecified atom stereocenters. The van der Waals surface area contributed by atoms with Crippen molar-refractivity contribution in [1.29, 1.82) is 0 Å². The smallest absolute Gasteiger partial charge is 0.247 e. The van der Waals surface area contributed by atoms with Gasteiger partial charge in [0.1, 0.15) is 11.3 Å². The number of benzene rings is 1. The highest BCUT2D eigenvalue weighted by Crippen LogP contribution is 2.36. The van der Waals surface area contributed by atoms with Crippen LogP contribution in [0.1, 0.15) is 44.1 Å². The standard InChI is InChI=1S/C22H29N3O4/c1-29-18-8-6-16(7-9-18)14-19(26)24-12-10-22(11-13-24)21(28)23-15-25(22)20(27)17-4-2-3-5-17/h6-9,17H,2-5,10-15H2,1H3,(H,23,28). The van der Waals surface area contributed by atoms with Gasteiger partial charge in [-0.05, 0) is 43.4 Å². The zero-order valence-electron chi connectivity index (χ0n) is 17.0. The second-order valence-electron chi connectivity index (χ2n) is 8.35. The molecule has 1 aromatic rings. The summed E-state index contributed by atoms with van der Waals surface area (Å²) < 4.78 is 5.15. The summed E-state index contributed by atoms with van der Waals surface area (Å²) in [5.74, 6) is 0.914. The lowest BCUT2D eigenvalue weighted by atomic mass is 9.85. The maximum absolute atomic E-state index is 13.0. The predicted octanol–water partition coefficient (Wildman–Crippen LogP) is 1.70. The summed E-state index contributed by atoms with van der Waals surface area (Å²) in [5, 5.41) is 2.88. The van der Waals surface area contributed by atoms with Gasteiger partial charge in [0.05, 0.1) is 20.2 Å². The average molecular weight is 399 g/mol. The molecule has 3 amide bonds. The van der Waals surface area contributed by atoms with E-state index < -0.39 is 5.54 Å². The van der Waals surface area contributed by atoms with Gasteiger partial charge in [-0.25, -0.2) is 0 Å². The molecule has 7 heteroatoms. The van der Waals surface area contributed by atoms with Crippen molar-refractivity contribution >= 4 is 17.7 Å². The molecule has 2 saturated heterocycles. The van der Waals surface area contributed by atoms with E-state index in [4.69, 9.17) is 4.74 Å². The number of hydrogen-bond donors (Lipinski definition) is 1. The Hall–Kier alpha value is -2.57. The van der Waals surface area contributed by atoms with E-state index in [1.807, 2.05) is 29.2 Å². The lowest BCUT2D eigenvalue weighted by molar-refractivity contribution is -0.148. The van der Waals surface area contributed by atoms with Crippen LogP contribution in [0.3, 0.4) is 0 Å². The third-order valence-electron chi connectivity index (χ3n) is 6.77. The first-order valence-corrected chi connectivity index (χ1v) is 10.5. The van der Waals surface area contributed by atoms with Crippen LogP contribution in [0, 0.1) is 5.92 Å². The molecule has 0 atom stereocenters. The third kappa shape index (κ3) is 3.70. The molecule has 4 rings (SSSR count). The van der Waals surface area contributed by atoms with Crippen LogP contribution in [0.15, 0.2) is 24.3 Å². The van der Waals surface area contributed by atoms with Crippen LogP contribution in [0.2, 0.25) is 0 Å². The first-order chi connectivity index (χ1) is 14.0. The third-order valence-corrected chi connectivity index (χ3v) is 6.77. The van der Waals surface area contributed by atoms with Crippen LogP contribution in [-0.4, -0.2) is 59.9 Å². The van der Waals surface area contributed by atoms with E-state index in [1.165, 1.54) is 0 Å². The minimum Gasteiger partial charge on any atom is -0.497 e. The molecule has 1 aromatic carbocycles. The van der Waals surface area contributed by atoms with Gasteiger partial charge in [-0.1, -0.05) is 25.0 Å². The van der Waals surface area contributed by atoms with Gasteiger partial charge < -0.3 is 19.9 Å². The van der Waals surface area contributed by atoms with Gasteiger partial charge >= 0.3 is 0 Å². The van der Waals surface area contributed by atoms with Gasteiger partial charge in [0.15, 0.2) is 0 Å². The average Bonchev–Trinajstić information content (AvgIpc) is 3.38. The highest BCUT2D eigenvalue weighted by Gasteiger charge is 2.53.